The fraction of sp³-hybridized carbons (Fsp3) is 0.333. The van der Waals surface area contributed by atoms with E-state index in [0.29, 0.717) is 53.8 Å². The van der Waals surface area contributed by atoms with E-state index in [1.165, 1.54) is 32.7 Å². The zero-order valence-electron chi connectivity index (χ0n) is 38.1. The highest BCUT2D eigenvalue weighted by molar-refractivity contribution is 7.84. The monoisotopic (exact) mass is 990 g/mol. The van der Waals surface area contributed by atoms with Crippen LogP contribution in [0.2, 0.25) is 0 Å². The van der Waals surface area contributed by atoms with E-state index >= 15 is 0 Å². The molecule has 0 saturated carbocycles. The topological polar surface area (TPSA) is 194 Å². The summed E-state index contributed by atoms with van der Waals surface area (Å²) in [6.45, 7) is 3.07. The van der Waals surface area contributed by atoms with Crippen LogP contribution >= 0.6 is 0 Å². The molecular formula is C48H54F4N10O7S. The first-order chi connectivity index (χ1) is 33.1. The Balaban J connectivity index is 0.000000199. The van der Waals surface area contributed by atoms with Crippen LogP contribution in [-0.4, -0.2) is 100 Å². The molecule has 0 bridgehead atoms. The second-order valence-electron chi connectivity index (χ2n) is 16.2. The van der Waals surface area contributed by atoms with Crippen LogP contribution in [0.3, 0.4) is 0 Å². The molecule has 372 valence electrons. The third-order valence-corrected chi connectivity index (χ3v) is 11.7. The minimum absolute atomic E-state index is 0. The summed E-state index contributed by atoms with van der Waals surface area (Å²) >= 11 is 0. The molecule has 2 fully saturated rings. The SMILES string of the molecule is C.CN(C)n1c(=O)c(Oc2ccc(F)cc2F)cc2cnc(NC3CCOCC3)nc21.CN(C)n1c(=O)c(Oc2ccc(F)cc2F)cc2cnc(S(=O)Cc3ccccc3)nc21.NC1CCOCC1. The van der Waals surface area contributed by atoms with Crippen molar-refractivity contribution in [1.29, 1.82) is 0 Å². The summed E-state index contributed by atoms with van der Waals surface area (Å²) in [6.07, 6.45) is 6.76. The first-order valence-corrected chi connectivity index (χ1v) is 23.0. The highest BCUT2D eigenvalue weighted by Crippen LogP contribution is 2.27. The molecule has 3 N–H and O–H groups in total. The number of hydrogen-bond acceptors (Lipinski definition) is 15. The molecule has 0 spiro atoms. The molecule has 1 unspecified atom stereocenters. The van der Waals surface area contributed by atoms with Crippen molar-refractivity contribution in [2.45, 2.75) is 56.1 Å². The molecule has 7 aromatic rings. The fourth-order valence-electron chi connectivity index (χ4n) is 7.05. The molecule has 4 aromatic heterocycles. The van der Waals surface area contributed by atoms with Crippen LogP contribution in [-0.2, 0) is 26.0 Å². The molecule has 0 amide bonds. The summed E-state index contributed by atoms with van der Waals surface area (Å²) in [6, 6.07) is 18.4. The Labute approximate surface area is 403 Å². The van der Waals surface area contributed by atoms with Gasteiger partial charge in [0.25, 0.3) is 0 Å². The van der Waals surface area contributed by atoms with Gasteiger partial charge < -0.3 is 40.0 Å². The summed E-state index contributed by atoms with van der Waals surface area (Å²) in [5.41, 5.74) is 5.86. The van der Waals surface area contributed by atoms with E-state index in [0.717, 1.165) is 68.7 Å². The lowest BCUT2D eigenvalue weighted by atomic mass is 10.1. The number of aromatic nitrogens is 6. The predicted molar refractivity (Wildman–Crippen MR) is 259 cm³/mol. The molecule has 0 radical (unpaired) electrons. The lowest BCUT2D eigenvalue weighted by Crippen LogP contribution is -2.37. The number of fused-ring (bicyclic) bond motifs is 2. The first kappa shape index (κ1) is 52.4. The van der Waals surface area contributed by atoms with Crippen molar-refractivity contribution in [3.05, 3.63) is 141 Å². The second kappa shape index (κ2) is 24.0. The summed E-state index contributed by atoms with van der Waals surface area (Å²) in [4.78, 5) is 43.4. The number of hydrogen-bond donors (Lipinski definition) is 2. The smallest absolute Gasteiger partial charge is 0.313 e. The maximum atomic E-state index is 14.0. The van der Waals surface area contributed by atoms with E-state index in [1.54, 1.807) is 39.4 Å². The van der Waals surface area contributed by atoms with Gasteiger partial charge in [0.1, 0.15) is 11.6 Å². The Morgan fingerprint density at radius 3 is 1.64 bits per heavy atom. The number of nitrogens with zero attached hydrogens (tertiary/aromatic N) is 8. The van der Waals surface area contributed by atoms with Crippen molar-refractivity contribution in [2.24, 2.45) is 5.73 Å². The molecule has 1 atom stereocenters. The molecular weight excluding hydrogens is 937 g/mol. The largest absolute Gasteiger partial charge is 0.448 e. The highest BCUT2D eigenvalue weighted by atomic mass is 32.2. The van der Waals surface area contributed by atoms with Gasteiger partial charge in [-0.1, -0.05) is 37.8 Å². The zero-order chi connectivity index (χ0) is 49.2. The van der Waals surface area contributed by atoms with E-state index in [1.807, 2.05) is 30.3 Å². The van der Waals surface area contributed by atoms with Crippen molar-refractivity contribution in [1.82, 2.24) is 29.3 Å². The van der Waals surface area contributed by atoms with Crippen LogP contribution in [0.5, 0.6) is 23.0 Å². The van der Waals surface area contributed by atoms with Crippen molar-refractivity contribution in [3.63, 3.8) is 0 Å². The van der Waals surface area contributed by atoms with Crippen LogP contribution < -0.4 is 41.7 Å². The van der Waals surface area contributed by atoms with Crippen LogP contribution in [0.1, 0.15) is 38.7 Å². The Bertz CT molecular complexity index is 3050. The average molecular weight is 991 g/mol. The molecule has 3 aromatic carbocycles. The lowest BCUT2D eigenvalue weighted by Gasteiger charge is -2.24. The van der Waals surface area contributed by atoms with Gasteiger partial charge in [-0.15, -0.1) is 0 Å². The van der Waals surface area contributed by atoms with Gasteiger partial charge in [-0.25, -0.2) is 32.5 Å². The number of benzene rings is 3. The average Bonchev–Trinajstić information content (AvgIpc) is 3.32. The van der Waals surface area contributed by atoms with E-state index in [-0.39, 0.29) is 53.0 Å². The van der Waals surface area contributed by atoms with Crippen molar-refractivity contribution < 1.29 is 40.7 Å². The molecule has 70 heavy (non-hydrogen) atoms. The van der Waals surface area contributed by atoms with E-state index in [4.69, 9.17) is 24.7 Å². The number of rotatable bonds is 11. The number of anilines is 1. The van der Waals surface area contributed by atoms with Gasteiger partial charge in [0.05, 0.1) is 16.6 Å². The lowest BCUT2D eigenvalue weighted by molar-refractivity contribution is 0.0866. The third-order valence-electron chi connectivity index (χ3n) is 10.5. The fourth-order valence-corrected chi connectivity index (χ4v) is 8.03. The summed E-state index contributed by atoms with van der Waals surface area (Å²) < 4.78 is 90.9. The van der Waals surface area contributed by atoms with Crippen molar-refractivity contribution in [3.8, 4) is 23.0 Å². The van der Waals surface area contributed by atoms with E-state index < -0.39 is 45.2 Å². The van der Waals surface area contributed by atoms with Gasteiger partial charge in [0.15, 0.2) is 45.9 Å². The minimum atomic E-state index is -1.53. The Morgan fingerprint density at radius 1 is 0.686 bits per heavy atom. The van der Waals surface area contributed by atoms with Gasteiger partial charge in [0, 0.05) is 102 Å². The Morgan fingerprint density at radius 2 is 1.17 bits per heavy atom. The normalized spacial score (nSPS) is 14.3. The molecule has 9 rings (SSSR count). The summed E-state index contributed by atoms with van der Waals surface area (Å²) in [5, 5.41) is 7.30. The van der Waals surface area contributed by atoms with Gasteiger partial charge in [-0.3, -0.25) is 13.8 Å². The van der Waals surface area contributed by atoms with Gasteiger partial charge in [0.2, 0.25) is 11.1 Å². The maximum Gasteiger partial charge on any atom is 0.313 e. The number of pyridine rings is 2. The standard InChI is InChI=1S/C22H18F2N4O3S.C20H21F2N5O3.C5H11NO.CH4/c1-27(2)28-20-15(10-19(21(28)29)31-18-9-8-16(23)11-17(18)24)12-25-22(26-20)32(30)13-14-6-4-3-5-7-14;1-26(2)27-18-12(11-23-20(25-18)24-14-5-7-29-8-6-14)9-17(19(27)28)30-16-4-3-13(21)10-15(16)22;6-5-1-3-7-4-2-5;/h3-12H,13H2,1-2H3;3-4,9-11,14H,5-8H2,1-2H3,(H,23,24,25);5H,1-4,6H2;1H4. The number of ether oxygens (including phenoxy) is 4. The Kier molecular flexibility index (Phi) is 18.0. The molecule has 0 aliphatic carbocycles. The van der Waals surface area contributed by atoms with Crippen LogP contribution in [0.25, 0.3) is 22.1 Å². The third kappa shape index (κ3) is 13.2. The highest BCUT2D eigenvalue weighted by Gasteiger charge is 2.21. The number of nitrogens with two attached hydrogens (primary N) is 1. The number of nitrogens with one attached hydrogen (secondary N) is 1. The first-order valence-electron chi connectivity index (χ1n) is 21.7. The van der Waals surface area contributed by atoms with Crippen molar-refractivity contribution in [2.75, 3.05) is 70.0 Å². The molecule has 17 nitrogen and oxygen atoms in total. The van der Waals surface area contributed by atoms with Gasteiger partial charge in [-0.2, -0.15) is 14.3 Å². The molecule has 22 heteroatoms. The van der Waals surface area contributed by atoms with Crippen LogP contribution in [0.15, 0.2) is 106 Å². The molecule has 2 saturated heterocycles. The van der Waals surface area contributed by atoms with E-state index in [2.05, 4.69) is 25.3 Å². The molecule has 2 aliphatic heterocycles. The van der Waals surface area contributed by atoms with Crippen LogP contribution in [0.4, 0.5) is 23.5 Å². The van der Waals surface area contributed by atoms with E-state index in [9.17, 15) is 31.4 Å². The second-order valence-corrected chi connectivity index (χ2v) is 17.5. The molecule has 6 heterocycles. The number of halogens is 4. The maximum absolute atomic E-state index is 14.0. The Hall–Kier alpha value is -7.01. The van der Waals surface area contributed by atoms with Crippen molar-refractivity contribution >= 4 is 38.8 Å². The summed E-state index contributed by atoms with van der Waals surface area (Å²) in [7, 11) is 5.06. The van der Waals surface area contributed by atoms with Crippen LogP contribution in [0, 0.1) is 23.3 Å². The minimum Gasteiger partial charge on any atom is -0.448 e. The van der Waals surface area contributed by atoms with Gasteiger partial charge in [-0.05, 0) is 67.6 Å². The zero-order valence-corrected chi connectivity index (χ0v) is 38.9. The predicted octanol–water partition coefficient (Wildman–Crippen LogP) is 6.78. The van der Waals surface area contributed by atoms with Gasteiger partial charge >= 0.3 is 11.1 Å². The molecule has 2 aliphatic rings. The quantitative estimate of drug-likeness (QED) is 0.102. The summed E-state index contributed by atoms with van der Waals surface area (Å²) in [5.74, 6) is -3.58.